The molecule has 0 spiro atoms. The van der Waals surface area contributed by atoms with Crippen LogP contribution in [0.4, 0.5) is 5.95 Å². The quantitative estimate of drug-likeness (QED) is 0.662. The number of nitrogens with one attached hydrogen (secondary N) is 1. The minimum Gasteiger partial charge on any atom is -0.354 e. The third-order valence-corrected chi connectivity index (χ3v) is 3.22. The van der Waals surface area contributed by atoms with Crippen LogP contribution in [0.5, 0.6) is 0 Å². The minimum atomic E-state index is 0.371. The lowest BCUT2D eigenvalue weighted by molar-refractivity contribution is 0.663. The Morgan fingerprint density at radius 2 is 2.19 bits per heavy atom. The van der Waals surface area contributed by atoms with Crippen molar-refractivity contribution in [3.63, 3.8) is 0 Å². The largest absolute Gasteiger partial charge is 0.354 e. The van der Waals surface area contributed by atoms with Crippen molar-refractivity contribution in [1.29, 1.82) is 0 Å². The van der Waals surface area contributed by atoms with Crippen molar-refractivity contribution in [3.8, 4) is 5.95 Å². The van der Waals surface area contributed by atoms with Crippen molar-refractivity contribution in [2.75, 3.05) is 11.9 Å². The van der Waals surface area contributed by atoms with Gasteiger partial charge in [-0.05, 0) is 29.1 Å². The first-order chi connectivity index (χ1) is 10.3. The first-order valence-electron chi connectivity index (χ1n) is 6.01. The summed E-state index contributed by atoms with van der Waals surface area (Å²) in [5.41, 5.74) is 0. The third kappa shape index (κ3) is 2.94. The predicted molar refractivity (Wildman–Crippen MR) is 71.8 cm³/mol. The fourth-order valence-corrected chi connectivity index (χ4v) is 2.10. The van der Waals surface area contributed by atoms with E-state index in [-0.39, 0.29) is 0 Å². The average molecular weight is 305 g/mol. The van der Waals surface area contributed by atoms with Crippen LogP contribution in [0.15, 0.2) is 23.0 Å². The van der Waals surface area contributed by atoms with E-state index in [2.05, 4.69) is 45.9 Å². The molecule has 0 atom stereocenters. The van der Waals surface area contributed by atoms with Gasteiger partial charge in [0.1, 0.15) is 12.7 Å². The highest BCUT2D eigenvalue weighted by Gasteiger charge is 2.12. The summed E-state index contributed by atoms with van der Waals surface area (Å²) in [6.07, 6.45) is 2.93. The standard InChI is InChI=1S/C9H11N11S/c1-3-11-6-13-7(20-5-10-4-12-20)15-8(14-6)21-9-16-17-18-19(9)2/h4-5H,3H2,1-2H3,(H,11,13,14,15). The molecule has 0 aliphatic carbocycles. The van der Waals surface area contributed by atoms with Crippen LogP contribution in [0.2, 0.25) is 0 Å². The van der Waals surface area contributed by atoms with Crippen LogP contribution in [-0.2, 0) is 7.05 Å². The molecule has 0 aliphatic heterocycles. The smallest absolute Gasteiger partial charge is 0.257 e. The van der Waals surface area contributed by atoms with Crippen LogP contribution < -0.4 is 5.32 Å². The van der Waals surface area contributed by atoms with E-state index in [1.165, 1.54) is 33.8 Å². The van der Waals surface area contributed by atoms with Crippen molar-refractivity contribution in [2.24, 2.45) is 7.05 Å². The fourth-order valence-electron chi connectivity index (χ4n) is 1.43. The Bertz CT molecular complexity index is 721. The molecule has 0 aromatic carbocycles. The van der Waals surface area contributed by atoms with Crippen LogP contribution in [0.1, 0.15) is 6.92 Å². The molecule has 21 heavy (non-hydrogen) atoms. The van der Waals surface area contributed by atoms with Crippen molar-refractivity contribution < 1.29 is 0 Å². The molecular formula is C9H11N11S. The first-order valence-corrected chi connectivity index (χ1v) is 6.83. The number of aryl methyl sites for hydroxylation is 1. The average Bonchev–Trinajstić information content (AvgIpc) is 3.12. The number of aromatic nitrogens is 10. The molecule has 0 amide bonds. The van der Waals surface area contributed by atoms with E-state index in [9.17, 15) is 0 Å². The van der Waals surface area contributed by atoms with Gasteiger partial charge in [0.05, 0.1) is 0 Å². The lowest BCUT2D eigenvalue weighted by atomic mass is 10.7. The van der Waals surface area contributed by atoms with Crippen molar-refractivity contribution in [1.82, 2.24) is 49.9 Å². The number of tetrazole rings is 1. The van der Waals surface area contributed by atoms with Gasteiger partial charge >= 0.3 is 0 Å². The maximum Gasteiger partial charge on any atom is 0.257 e. The van der Waals surface area contributed by atoms with E-state index in [0.717, 1.165) is 0 Å². The van der Waals surface area contributed by atoms with Gasteiger partial charge in [0.25, 0.3) is 5.95 Å². The van der Waals surface area contributed by atoms with Crippen LogP contribution in [0.25, 0.3) is 5.95 Å². The van der Waals surface area contributed by atoms with Gasteiger partial charge in [-0.1, -0.05) is 0 Å². The van der Waals surface area contributed by atoms with E-state index >= 15 is 0 Å². The molecule has 11 nitrogen and oxygen atoms in total. The Balaban J connectivity index is 1.97. The molecule has 0 aliphatic rings. The molecule has 0 saturated heterocycles. The van der Waals surface area contributed by atoms with E-state index in [4.69, 9.17) is 0 Å². The van der Waals surface area contributed by atoms with Gasteiger partial charge in [-0.15, -0.1) is 5.10 Å². The molecule has 0 radical (unpaired) electrons. The highest BCUT2D eigenvalue weighted by atomic mass is 32.2. The molecule has 1 N–H and O–H groups in total. The second kappa shape index (κ2) is 5.78. The molecule has 3 heterocycles. The van der Waals surface area contributed by atoms with Crippen LogP contribution in [-0.4, -0.2) is 56.5 Å². The Kier molecular flexibility index (Phi) is 3.68. The van der Waals surface area contributed by atoms with Gasteiger partial charge in [-0.25, -0.2) is 9.67 Å². The lowest BCUT2D eigenvalue weighted by Gasteiger charge is -2.06. The zero-order valence-electron chi connectivity index (χ0n) is 11.2. The summed E-state index contributed by atoms with van der Waals surface area (Å²) in [5.74, 6) is 0.826. The maximum atomic E-state index is 4.33. The minimum absolute atomic E-state index is 0.371. The van der Waals surface area contributed by atoms with Crippen molar-refractivity contribution in [2.45, 2.75) is 17.2 Å². The summed E-state index contributed by atoms with van der Waals surface area (Å²) in [7, 11) is 1.74. The maximum absolute atomic E-state index is 4.33. The lowest BCUT2D eigenvalue weighted by Crippen LogP contribution is -2.10. The number of anilines is 1. The molecule has 3 aromatic rings. The summed E-state index contributed by atoms with van der Waals surface area (Å²) in [4.78, 5) is 16.8. The number of hydrogen-bond acceptors (Lipinski definition) is 10. The molecule has 0 saturated carbocycles. The molecule has 0 unspecified atom stereocenters. The topological polar surface area (TPSA) is 125 Å². The normalized spacial score (nSPS) is 10.8. The van der Waals surface area contributed by atoms with E-state index in [1.807, 2.05) is 6.92 Å². The summed E-state index contributed by atoms with van der Waals surface area (Å²) < 4.78 is 3.00. The molecule has 12 heteroatoms. The second-order valence-corrected chi connectivity index (χ2v) is 4.73. The molecule has 0 fully saturated rings. The number of nitrogens with zero attached hydrogens (tertiary/aromatic N) is 10. The number of rotatable bonds is 5. The summed E-state index contributed by atoms with van der Waals surface area (Å²) in [6.45, 7) is 2.65. The van der Waals surface area contributed by atoms with E-state index < -0.39 is 0 Å². The fraction of sp³-hybridized carbons (Fsp3) is 0.333. The molecule has 3 rings (SSSR count). The SMILES string of the molecule is CCNc1nc(Sc2nnnn2C)nc(-n2cncn2)n1. The van der Waals surface area contributed by atoms with Crippen molar-refractivity contribution in [3.05, 3.63) is 12.7 Å². The summed E-state index contributed by atoms with van der Waals surface area (Å²) in [6, 6.07) is 0. The van der Waals surface area contributed by atoms with Gasteiger partial charge in [0, 0.05) is 13.6 Å². The first kappa shape index (κ1) is 13.4. The molecular weight excluding hydrogens is 294 g/mol. The van der Waals surface area contributed by atoms with Crippen LogP contribution >= 0.6 is 11.8 Å². The van der Waals surface area contributed by atoms with Gasteiger partial charge in [0.15, 0.2) is 0 Å². The molecule has 108 valence electrons. The van der Waals surface area contributed by atoms with Crippen LogP contribution in [0, 0.1) is 0 Å². The number of hydrogen-bond donors (Lipinski definition) is 1. The molecule has 3 aromatic heterocycles. The van der Waals surface area contributed by atoms with Gasteiger partial charge in [-0.2, -0.15) is 24.7 Å². The van der Waals surface area contributed by atoms with E-state index in [0.29, 0.717) is 28.8 Å². The Hall–Kier alpha value is -2.63. The van der Waals surface area contributed by atoms with Gasteiger partial charge < -0.3 is 5.32 Å². The Labute approximate surface area is 123 Å². The zero-order chi connectivity index (χ0) is 14.7. The Morgan fingerprint density at radius 1 is 1.29 bits per heavy atom. The van der Waals surface area contributed by atoms with Gasteiger partial charge in [-0.3, -0.25) is 0 Å². The summed E-state index contributed by atoms with van der Waals surface area (Å²) in [5, 5.41) is 19.3. The second-order valence-electron chi connectivity index (χ2n) is 3.80. The monoisotopic (exact) mass is 305 g/mol. The van der Waals surface area contributed by atoms with Crippen LogP contribution in [0.3, 0.4) is 0 Å². The van der Waals surface area contributed by atoms with E-state index in [1.54, 1.807) is 7.05 Å². The summed E-state index contributed by atoms with van der Waals surface area (Å²) >= 11 is 1.24. The highest BCUT2D eigenvalue weighted by Crippen LogP contribution is 2.22. The van der Waals surface area contributed by atoms with Gasteiger partial charge in [0.2, 0.25) is 16.3 Å². The highest BCUT2D eigenvalue weighted by molar-refractivity contribution is 7.99. The molecule has 0 bridgehead atoms. The Morgan fingerprint density at radius 3 is 2.86 bits per heavy atom. The van der Waals surface area contributed by atoms with Crippen molar-refractivity contribution >= 4 is 17.7 Å². The third-order valence-electron chi connectivity index (χ3n) is 2.33. The predicted octanol–water partition coefficient (Wildman–Crippen LogP) is -0.441. The zero-order valence-corrected chi connectivity index (χ0v) is 12.1.